The van der Waals surface area contributed by atoms with Crippen LogP contribution in [-0.2, 0) is 9.59 Å². The normalized spacial score (nSPS) is 11.7. The van der Waals surface area contributed by atoms with Crippen molar-refractivity contribution in [2.45, 2.75) is 40.7 Å². The van der Waals surface area contributed by atoms with E-state index in [-0.39, 0.29) is 11.4 Å². The molecule has 0 radical (unpaired) electrons. The summed E-state index contributed by atoms with van der Waals surface area (Å²) in [6.45, 7) is 10.0. The second kappa shape index (κ2) is 13.7. The maximum Gasteiger partial charge on any atom is 0.276 e. The number of azo groups is 1. The largest absolute Gasteiger partial charge is 0.490 e. The van der Waals surface area contributed by atoms with Crippen molar-refractivity contribution >= 4 is 46.4 Å². The Bertz CT molecular complexity index is 1060. The van der Waals surface area contributed by atoms with E-state index in [2.05, 4.69) is 10.2 Å². The van der Waals surface area contributed by atoms with Gasteiger partial charge in [0.25, 0.3) is 5.91 Å². The van der Waals surface area contributed by atoms with E-state index in [9.17, 15) is 9.59 Å². The molecule has 0 spiro atoms. The first-order valence-electron chi connectivity index (χ1n) is 11.2. The predicted molar refractivity (Wildman–Crippen MR) is 135 cm³/mol. The fraction of sp³-hybridized carbons (Fsp3) is 0.417. The van der Waals surface area contributed by atoms with E-state index in [1.165, 1.54) is 13.0 Å². The molecular formula is C24H29Cl2N3O6. The summed E-state index contributed by atoms with van der Waals surface area (Å²) in [5, 5.41) is 8.40. The summed E-state index contributed by atoms with van der Waals surface area (Å²) < 4.78 is 23.1. The Morgan fingerprint density at radius 1 is 0.886 bits per heavy atom. The summed E-state index contributed by atoms with van der Waals surface area (Å²) in [5.41, 5.74) is 0.490. The standard InChI is InChI=1S/C24H29Cl2N3O6/c1-6-32-19-11-10-17(14-20(19)33-7-2)29(26)24(31)22(15(5)30)28-27-18-12-16(25)13-21(34-8-3)23(18)35-9-4/h10-14,22H,6-9H2,1-5H3. The van der Waals surface area contributed by atoms with Crippen molar-refractivity contribution in [1.82, 2.24) is 0 Å². The number of hydrogen-bond donors (Lipinski definition) is 0. The molecular weight excluding hydrogens is 497 g/mol. The van der Waals surface area contributed by atoms with Crippen molar-refractivity contribution in [1.29, 1.82) is 0 Å². The highest BCUT2D eigenvalue weighted by Gasteiger charge is 2.29. The van der Waals surface area contributed by atoms with Crippen LogP contribution >= 0.6 is 23.4 Å². The molecule has 0 aliphatic heterocycles. The lowest BCUT2D eigenvalue weighted by Gasteiger charge is -2.19. The highest BCUT2D eigenvalue weighted by molar-refractivity contribution is 6.39. The average Bonchev–Trinajstić information content (AvgIpc) is 2.82. The molecule has 9 nitrogen and oxygen atoms in total. The van der Waals surface area contributed by atoms with Crippen LogP contribution in [0.3, 0.4) is 0 Å². The molecule has 0 bridgehead atoms. The van der Waals surface area contributed by atoms with Crippen molar-refractivity contribution < 1.29 is 28.5 Å². The zero-order valence-electron chi connectivity index (χ0n) is 20.3. The third kappa shape index (κ3) is 7.47. The summed E-state index contributed by atoms with van der Waals surface area (Å²) in [4.78, 5) is 25.4. The summed E-state index contributed by atoms with van der Waals surface area (Å²) >= 11 is 12.5. The second-order valence-corrected chi connectivity index (χ2v) is 7.74. The van der Waals surface area contributed by atoms with Gasteiger partial charge in [-0.3, -0.25) is 9.59 Å². The molecule has 2 aromatic carbocycles. The van der Waals surface area contributed by atoms with Crippen molar-refractivity contribution in [2.75, 3.05) is 30.8 Å². The van der Waals surface area contributed by atoms with Gasteiger partial charge in [-0.25, -0.2) is 4.42 Å². The quantitative estimate of drug-likeness (QED) is 0.176. The molecule has 0 aliphatic carbocycles. The topological polar surface area (TPSA) is 99.0 Å². The highest BCUT2D eigenvalue weighted by Crippen LogP contribution is 2.41. The minimum Gasteiger partial charge on any atom is -0.490 e. The first kappa shape index (κ1) is 28.2. The maximum atomic E-state index is 13.1. The number of Topliss-reactive ketones (excluding diaryl/α,β-unsaturated/α-hetero) is 1. The van der Waals surface area contributed by atoms with E-state index in [0.29, 0.717) is 54.4 Å². The molecule has 35 heavy (non-hydrogen) atoms. The van der Waals surface area contributed by atoms with Gasteiger partial charge in [0.15, 0.2) is 28.8 Å². The lowest BCUT2D eigenvalue weighted by atomic mass is 10.2. The molecule has 1 amide bonds. The fourth-order valence-electron chi connectivity index (χ4n) is 3.00. The summed E-state index contributed by atoms with van der Waals surface area (Å²) in [6.07, 6.45) is 0. The fourth-order valence-corrected chi connectivity index (χ4v) is 3.40. The van der Waals surface area contributed by atoms with Gasteiger partial charge in [-0.1, -0.05) is 11.6 Å². The molecule has 190 valence electrons. The summed E-state index contributed by atoms with van der Waals surface area (Å²) in [6, 6.07) is 6.34. The Morgan fingerprint density at radius 3 is 2.09 bits per heavy atom. The van der Waals surface area contributed by atoms with Crippen LogP contribution < -0.4 is 23.4 Å². The molecule has 1 atom stereocenters. The number of ether oxygens (including phenoxy) is 4. The van der Waals surface area contributed by atoms with E-state index in [4.69, 9.17) is 42.3 Å². The highest BCUT2D eigenvalue weighted by atomic mass is 35.5. The SMILES string of the molecule is CCOc1ccc(N(Cl)C(=O)C(N=Nc2cc(Cl)cc(OCC)c2OCC)C(C)=O)cc1OCC. The van der Waals surface area contributed by atoms with Crippen molar-refractivity contribution in [3.63, 3.8) is 0 Å². The molecule has 11 heteroatoms. The Labute approximate surface area is 215 Å². The number of ketones is 1. The van der Waals surface area contributed by atoms with Crippen LogP contribution in [0.4, 0.5) is 11.4 Å². The van der Waals surface area contributed by atoms with Gasteiger partial charge in [-0.05, 0) is 52.8 Å². The Morgan fingerprint density at radius 2 is 1.49 bits per heavy atom. The maximum absolute atomic E-state index is 13.1. The minimum absolute atomic E-state index is 0.211. The molecule has 2 rings (SSSR count). The zero-order chi connectivity index (χ0) is 26.0. The van der Waals surface area contributed by atoms with Gasteiger partial charge in [0.05, 0.1) is 32.1 Å². The Kier molecular flexibility index (Phi) is 11.1. The van der Waals surface area contributed by atoms with E-state index < -0.39 is 17.7 Å². The van der Waals surface area contributed by atoms with Gasteiger partial charge in [0, 0.05) is 28.9 Å². The minimum atomic E-state index is -1.50. The van der Waals surface area contributed by atoms with Crippen molar-refractivity contribution in [3.05, 3.63) is 35.4 Å². The predicted octanol–water partition coefficient (Wildman–Crippen LogP) is 6.16. The number of halogens is 2. The number of hydrogen-bond acceptors (Lipinski definition) is 8. The van der Waals surface area contributed by atoms with E-state index in [0.717, 1.165) is 4.42 Å². The molecule has 0 saturated heterocycles. The number of amides is 1. The Hall–Kier alpha value is -3.04. The molecule has 1 unspecified atom stereocenters. The van der Waals surface area contributed by atoms with Crippen LogP contribution in [0.15, 0.2) is 40.6 Å². The van der Waals surface area contributed by atoms with Crippen LogP contribution in [0.1, 0.15) is 34.6 Å². The van der Waals surface area contributed by atoms with Crippen LogP contribution in [0.5, 0.6) is 23.0 Å². The smallest absolute Gasteiger partial charge is 0.276 e. The molecule has 2 aromatic rings. The molecule has 0 aromatic heterocycles. The monoisotopic (exact) mass is 525 g/mol. The van der Waals surface area contributed by atoms with Crippen LogP contribution in [0.2, 0.25) is 5.02 Å². The van der Waals surface area contributed by atoms with Crippen LogP contribution in [0, 0.1) is 0 Å². The van der Waals surface area contributed by atoms with Crippen molar-refractivity contribution in [3.8, 4) is 23.0 Å². The number of anilines is 1. The molecule has 0 fully saturated rings. The number of nitrogens with zero attached hydrogens (tertiary/aromatic N) is 3. The van der Waals surface area contributed by atoms with Crippen LogP contribution in [-0.4, -0.2) is 44.2 Å². The molecule has 0 saturated carbocycles. The zero-order valence-corrected chi connectivity index (χ0v) is 21.9. The van der Waals surface area contributed by atoms with Gasteiger partial charge in [-0.2, -0.15) is 10.2 Å². The lowest BCUT2D eigenvalue weighted by Crippen LogP contribution is -2.36. The third-order valence-corrected chi connectivity index (χ3v) is 5.02. The van der Waals surface area contributed by atoms with E-state index >= 15 is 0 Å². The van der Waals surface area contributed by atoms with E-state index in [1.54, 1.807) is 31.2 Å². The van der Waals surface area contributed by atoms with Gasteiger partial charge < -0.3 is 18.9 Å². The molecule has 0 aliphatic rings. The van der Waals surface area contributed by atoms with E-state index in [1.807, 2.05) is 20.8 Å². The number of carbonyl (C=O) groups excluding carboxylic acids is 2. The first-order valence-corrected chi connectivity index (χ1v) is 11.9. The second-order valence-electron chi connectivity index (χ2n) is 6.96. The average molecular weight is 526 g/mol. The number of benzene rings is 2. The summed E-state index contributed by atoms with van der Waals surface area (Å²) in [7, 11) is 0. The summed E-state index contributed by atoms with van der Waals surface area (Å²) in [5.74, 6) is 0.249. The number of carbonyl (C=O) groups is 2. The molecule has 0 heterocycles. The first-order chi connectivity index (χ1) is 16.8. The lowest BCUT2D eigenvalue weighted by molar-refractivity contribution is -0.126. The van der Waals surface area contributed by atoms with Gasteiger partial charge in [0.1, 0.15) is 5.69 Å². The van der Waals surface area contributed by atoms with Gasteiger partial charge >= 0.3 is 0 Å². The molecule has 0 N–H and O–H groups in total. The Balaban J connectivity index is 2.39. The van der Waals surface area contributed by atoms with Crippen molar-refractivity contribution in [2.24, 2.45) is 10.2 Å². The van der Waals surface area contributed by atoms with Crippen LogP contribution in [0.25, 0.3) is 0 Å². The van der Waals surface area contributed by atoms with Gasteiger partial charge in [-0.15, -0.1) is 0 Å². The third-order valence-electron chi connectivity index (χ3n) is 4.44. The number of rotatable bonds is 13. The van der Waals surface area contributed by atoms with Gasteiger partial charge in [0.2, 0.25) is 6.04 Å².